The first-order valence-corrected chi connectivity index (χ1v) is 7.77. The molecule has 1 atom stereocenters. The topological polar surface area (TPSA) is 27.7 Å². The van der Waals surface area contributed by atoms with E-state index in [0.717, 1.165) is 26.2 Å². The van der Waals surface area contributed by atoms with Crippen LogP contribution in [0.3, 0.4) is 0 Å². The Bertz CT molecular complexity index is 602. The van der Waals surface area contributed by atoms with Crippen molar-refractivity contribution < 1.29 is 14.2 Å². The molecule has 0 saturated heterocycles. The molecule has 0 radical (unpaired) electrons. The van der Waals surface area contributed by atoms with Crippen LogP contribution in [0, 0.1) is 0 Å². The molecule has 104 valence electrons. The molecule has 20 heavy (non-hydrogen) atoms. The summed E-state index contributed by atoms with van der Waals surface area (Å²) in [4.78, 5) is 0. The van der Waals surface area contributed by atoms with Crippen molar-refractivity contribution in [3.63, 3.8) is 0 Å². The molecule has 1 heterocycles. The zero-order valence-electron chi connectivity index (χ0n) is 10.5. The van der Waals surface area contributed by atoms with Crippen molar-refractivity contribution >= 4 is 31.9 Å². The van der Waals surface area contributed by atoms with Gasteiger partial charge in [0.1, 0.15) is 19.0 Å². The molecule has 0 N–H and O–H groups in total. The van der Waals surface area contributed by atoms with Crippen molar-refractivity contribution in [2.45, 2.75) is 6.10 Å². The van der Waals surface area contributed by atoms with Gasteiger partial charge in [0.15, 0.2) is 17.6 Å². The van der Waals surface area contributed by atoms with Crippen LogP contribution in [0.15, 0.2) is 51.4 Å². The van der Waals surface area contributed by atoms with Gasteiger partial charge in [-0.1, -0.05) is 18.2 Å². The number of halogens is 2. The molecule has 2 aromatic carbocycles. The summed E-state index contributed by atoms with van der Waals surface area (Å²) in [6, 6.07) is 13.5. The van der Waals surface area contributed by atoms with E-state index in [1.54, 1.807) is 0 Å². The van der Waals surface area contributed by atoms with Crippen molar-refractivity contribution in [1.82, 2.24) is 0 Å². The van der Waals surface area contributed by atoms with Gasteiger partial charge in [-0.05, 0) is 56.1 Å². The number of rotatable bonds is 3. The minimum absolute atomic E-state index is 0.115. The molecule has 1 aliphatic rings. The molecule has 0 bridgehead atoms. The first-order chi connectivity index (χ1) is 9.72. The highest BCUT2D eigenvalue weighted by molar-refractivity contribution is 9.13. The number of benzene rings is 2. The molecule has 3 nitrogen and oxygen atoms in total. The molecular weight excluding hydrogens is 388 g/mol. The zero-order valence-corrected chi connectivity index (χ0v) is 13.7. The van der Waals surface area contributed by atoms with Gasteiger partial charge in [0.25, 0.3) is 0 Å². The summed E-state index contributed by atoms with van der Waals surface area (Å²) in [5.74, 6) is 2.31. The molecule has 0 spiro atoms. The molecule has 1 unspecified atom stereocenters. The summed E-state index contributed by atoms with van der Waals surface area (Å²) in [5, 5.41) is 0. The number of fused-ring (bicyclic) bond motifs is 1. The average Bonchev–Trinajstić information content (AvgIpc) is 2.47. The van der Waals surface area contributed by atoms with Gasteiger partial charge in [0.2, 0.25) is 0 Å². The molecule has 0 amide bonds. The third kappa shape index (κ3) is 3.10. The minimum atomic E-state index is -0.115. The number of para-hydroxylation sites is 1. The van der Waals surface area contributed by atoms with E-state index >= 15 is 0 Å². The maximum absolute atomic E-state index is 5.89. The van der Waals surface area contributed by atoms with Crippen molar-refractivity contribution in [3.05, 3.63) is 51.4 Å². The lowest BCUT2D eigenvalue weighted by atomic mass is 10.2. The molecule has 0 aliphatic carbocycles. The first kappa shape index (κ1) is 13.8. The highest BCUT2D eigenvalue weighted by Crippen LogP contribution is 2.38. The Kier molecular flexibility index (Phi) is 4.17. The lowest BCUT2D eigenvalue weighted by Crippen LogP contribution is -2.34. The van der Waals surface area contributed by atoms with Crippen LogP contribution in [0.2, 0.25) is 0 Å². The van der Waals surface area contributed by atoms with Crippen molar-refractivity contribution in [2.75, 3.05) is 13.2 Å². The van der Waals surface area contributed by atoms with Gasteiger partial charge >= 0.3 is 0 Å². The van der Waals surface area contributed by atoms with Gasteiger partial charge in [-0.15, -0.1) is 0 Å². The lowest BCUT2D eigenvalue weighted by Gasteiger charge is -2.27. The molecular formula is C15H12Br2O3. The highest BCUT2D eigenvalue weighted by atomic mass is 79.9. The van der Waals surface area contributed by atoms with E-state index < -0.39 is 0 Å². The maximum Gasteiger partial charge on any atom is 0.166 e. The van der Waals surface area contributed by atoms with Crippen LogP contribution in [0.5, 0.6) is 17.2 Å². The summed E-state index contributed by atoms with van der Waals surface area (Å²) < 4.78 is 19.2. The summed E-state index contributed by atoms with van der Waals surface area (Å²) in [6.45, 7) is 0.936. The van der Waals surface area contributed by atoms with E-state index in [2.05, 4.69) is 31.9 Å². The predicted molar refractivity (Wildman–Crippen MR) is 83.7 cm³/mol. The number of hydrogen-bond donors (Lipinski definition) is 0. The van der Waals surface area contributed by atoms with Crippen LogP contribution in [0.4, 0.5) is 0 Å². The Morgan fingerprint density at radius 2 is 1.75 bits per heavy atom. The molecule has 2 aromatic rings. The Balaban J connectivity index is 1.65. The predicted octanol–water partition coefficient (Wildman–Crippen LogP) is 4.43. The highest BCUT2D eigenvalue weighted by Gasteiger charge is 2.22. The standard InChI is InChI=1S/C15H12Br2O3/c16-12-6-14-15(7-13(12)17)20-11(9-19-14)8-18-10-4-2-1-3-5-10/h1-7,11H,8-9H2. The van der Waals surface area contributed by atoms with E-state index in [1.807, 2.05) is 42.5 Å². The van der Waals surface area contributed by atoms with E-state index in [9.17, 15) is 0 Å². The quantitative estimate of drug-likeness (QED) is 0.763. The van der Waals surface area contributed by atoms with Crippen LogP contribution in [-0.2, 0) is 0 Å². The summed E-state index contributed by atoms with van der Waals surface area (Å²) in [6.07, 6.45) is -0.115. The first-order valence-electron chi connectivity index (χ1n) is 6.19. The summed E-state index contributed by atoms with van der Waals surface area (Å²) in [7, 11) is 0. The van der Waals surface area contributed by atoms with Crippen LogP contribution in [-0.4, -0.2) is 19.3 Å². The monoisotopic (exact) mass is 398 g/mol. The van der Waals surface area contributed by atoms with E-state index in [4.69, 9.17) is 14.2 Å². The van der Waals surface area contributed by atoms with Gasteiger partial charge < -0.3 is 14.2 Å². The maximum atomic E-state index is 5.89. The third-order valence-electron chi connectivity index (χ3n) is 2.88. The SMILES string of the molecule is Brc1cc2c(cc1Br)OC(COc1ccccc1)CO2. The smallest absolute Gasteiger partial charge is 0.166 e. The second-order valence-corrected chi connectivity index (χ2v) is 6.10. The zero-order chi connectivity index (χ0) is 13.9. The molecule has 1 aliphatic heterocycles. The Labute approximate surface area is 134 Å². The molecule has 5 heteroatoms. The molecule has 0 saturated carbocycles. The summed E-state index contributed by atoms with van der Waals surface area (Å²) >= 11 is 6.90. The van der Waals surface area contributed by atoms with Gasteiger partial charge in [-0.3, -0.25) is 0 Å². The number of hydrogen-bond acceptors (Lipinski definition) is 3. The second kappa shape index (κ2) is 6.06. The van der Waals surface area contributed by atoms with Gasteiger partial charge in [0.05, 0.1) is 0 Å². The van der Waals surface area contributed by atoms with Crippen LogP contribution in [0.1, 0.15) is 0 Å². The largest absolute Gasteiger partial charge is 0.490 e. The minimum Gasteiger partial charge on any atom is -0.490 e. The van der Waals surface area contributed by atoms with Crippen LogP contribution in [0.25, 0.3) is 0 Å². The molecule has 3 rings (SSSR count). The van der Waals surface area contributed by atoms with Crippen LogP contribution < -0.4 is 14.2 Å². The fourth-order valence-electron chi connectivity index (χ4n) is 1.90. The molecule has 0 aromatic heterocycles. The second-order valence-electron chi connectivity index (χ2n) is 4.39. The summed E-state index contributed by atoms with van der Waals surface area (Å²) in [5.41, 5.74) is 0. The van der Waals surface area contributed by atoms with E-state index in [1.165, 1.54) is 0 Å². The van der Waals surface area contributed by atoms with E-state index in [-0.39, 0.29) is 6.10 Å². The van der Waals surface area contributed by atoms with Gasteiger partial charge in [-0.2, -0.15) is 0 Å². The van der Waals surface area contributed by atoms with Gasteiger partial charge in [-0.25, -0.2) is 0 Å². The normalized spacial score (nSPS) is 16.8. The van der Waals surface area contributed by atoms with Gasteiger partial charge in [0, 0.05) is 8.95 Å². The van der Waals surface area contributed by atoms with E-state index in [0.29, 0.717) is 13.2 Å². The fourth-order valence-corrected chi connectivity index (χ4v) is 2.54. The third-order valence-corrected chi connectivity index (χ3v) is 4.73. The van der Waals surface area contributed by atoms with Crippen molar-refractivity contribution in [2.24, 2.45) is 0 Å². The lowest BCUT2D eigenvalue weighted by molar-refractivity contribution is 0.0534. The average molecular weight is 400 g/mol. The number of ether oxygens (including phenoxy) is 3. The van der Waals surface area contributed by atoms with Crippen molar-refractivity contribution in [3.8, 4) is 17.2 Å². The Morgan fingerprint density at radius 1 is 1.05 bits per heavy atom. The van der Waals surface area contributed by atoms with Crippen LogP contribution >= 0.6 is 31.9 Å². The van der Waals surface area contributed by atoms with Crippen molar-refractivity contribution in [1.29, 1.82) is 0 Å². The Hall–Kier alpha value is -1.20. The Morgan fingerprint density at radius 3 is 2.50 bits per heavy atom. The molecule has 0 fully saturated rings. The fraction of sp³-hybridized carbons (Fsp3) is 0.200.